The van der Waals surface area contributed by atoms with Crippen molar-refractivity contribution in [2.24, 2.45) is 5.92 Å². The quantitative estimate of drug-likeness (QED) is 0.414. The van der Waals surface area contributed by atoms with Gasteiger partial charge in [0.25, 0.3) is 5.91 Å². The van der Waals surface area contributed by atoms with Crippen LogP contribution in [0.4, 0.5) is 11.4 Å². The van der Waals surface area contributed by atoms with Crippen molar-refractivity contribution in [3.05, 3.63) is 77.3 Å². The van der Waals surface area contributed by atoms with Crippen LogP contribution in [0.25, 0.3) is 0 Å². The second-order valence-electron chi connectivity index (χ2n) is 7.84. The van der Waals surface area contributed by atoms with Crippen LogP contribution in [0.3, 0.4) is 0 Å². The number of halogens is 1. The lowest BCUT2D eigenvalue weighted by molar-refractivity contribution is -0.151. The number of amides is 2. The fourth-order valence-corrected chi connectivity index (χ4v) is 3.84. The van der Waals surface area contributed by atoms with E-state index in [0.29, 0.717) is 22.9 Å². The summed E-state index contributed by atoms with van der Waals surface area (Å²) in [6.07, 6.45) is 0.0251. The normalized spacial score (nSPS) is 15.0. The minimum atomic E-state index is -0.641. The molecule has 0 aliphatic carbocycles. The monoisotopic (exact) mass is 538 g/mol. The predicted molar refractivity (Wildman–Crippen MR) is 134 cm³/mol. The van der Waals surface area contributed by atoms with Crippen LogP contribution in [-0.2, 0) is 19.1 Å². The highest BCUT2D eigenvalue weighted by Crippen LogP contribution is 2.29. The van der Waals surface area contributed by atoms with E-state index in [1.54, 1.807) is 79.9 Å². The topological polar surface area (TPSA) is 94.2 Å². The summed E-state index contributed by atoms with van der Waals surface area (Å²) >= 11 is 3.32. The first-order valence-corrected chi connectivity index (χ1v) is 11.6. The zero-order valence-electron chi connectivity index (χ0n) is 18.9. The number of ether oxygens (including phenoxy) is 3. The molecule has 4 rings (SSSR count). The maximum absolute atomic E-state index is 12.5. The third-order valence-electron chi connectivity index (χ3n) is 5.38. The third-order valence-corrected chi connectivity index (χ3v) is 5.90. The van der Waals surface area contributed by atoms with Gasteiger partial charge in [0.05, 0.1) is 13.0 Å². The number of nitrogens with zero attached hydrogens (tertiary/aromatic N) is 1. The lowest BCUT2D eigenvalue weighted by atomic mass is 10.1. The molecule has 3 aromatic rings. The van der Waals surface area contributed by atoms with Crippen LogP contribution >= 0.6 is 15.9 Å². The van der Waals surface area contributed by atoms with Gasteiger partial charge in [-0.1, -0.05) is 15.9 Å². The minimum absolute atomic E-state index is 0.0251. The molecule has 0 unspecified atom stereocenters. The number of hydrogen-bond donors (Lipinski definition) is 1. The largest absolute Gasteiger partial charge is 0.497 e. The van der Waals surface area contributed by atoms with Crippen LogP contribution in [0.15, 0.2) is 77.3 Å². The Morgan fingerprint density at radius 1 is 0.943 bits per heavy atom. The van der Waals surface area contributed by atoms with Crippen LogP contribution in [0.1, 0.15) is 6.42 Å². The van der Waals surface area contributed by atoms with Crippen molar-refractivity contribution in [2.45, 2.75) is 6.42 Å². The van der Waals surface area contributed by atoms with Crippen LogP contribution in [0.5, 0.6) is 17.2 Å². The lowest BCUT2D eigenvalue weighted by Gasteiger charge is -2.17. The number of hydrogen-bond acceptors (Lipinski definition) is 6. The predicted octanol–water partition coefficient (Wildman–Crippen LogP) is 4.78. The Labute approximate surface area is 210 Å². The molecule has 1 aliphatic heterocycles. The van der Waals surface area contributed by atoms with Crippen molar-refractivity contribution in [1.82, 2.24) is 0 Å². The molecule has 9 heteroatoms. The van der Waals surface area contributed by atoms with Crippen LogP contribution in [0.2, 0.25) is 0 Å². The Morgan fingerprint density at radius 3 is 2.17 bits per heavy atom. The second kappa shape index (κ2) is 11.1. The number of carbonyl (C=O) groups is 3. The van der Waals surface area contributed by atoms with Crippen molar-refractivity contribution >= 4 is 45.1 Å². The molecule has 0 saturated carbocycles. The number of carbonyl (C=O) groups excluding carboxylic acids is 3. The van der Waals surface area contributed by atoms with Gasteiger partial charge in [-0.25, -0.2) is 0 Å². The summed E-state index contributed by atoms with van der Waals surface area (Å²) in [4.78, 5) is 38.6. The Hall–Kier alpha value is -3.85. The fraction of sp³-hybridized carbons (Fsp3) is 0.192. The molecule has 1 heterocycles. The number of rotatable bonds is 8. The van der Waals surface area contributed by atoms with E-state index in [1.165, 1.54) is 4.90 Å². The number of benzene rings is 3. The molecule has 1 fully saturated rings. The average Bonchev–Trinajstić information content (AvgIpc) is 3.26. The van der Waals surface area contributed by atoms with E-state index < -0.39 is 24.4 Å². The molecule has 35 heavy (non-hydrogen) atoms. The molecule has 1 N–H and O–H groups in total. The molecule has 1 saturated heterocycles. The highest BCUT2D eigenvalue weighted by atomic mass is 79.9. The molecule has 8 nitrogen and oxygen atoms in total. The molecule has 180 valence electrons. The maximum Gasteiger partial charge on any atom is 0.311 e. The van der Waals surface area contributed by atoms with Gasteiger partial charge in [0, 0.05) is 28.8 Å². The highest BCUT2D eigenvalue weighted by molar-refractivity contribution is 9.10. The summed E-state index contributed by atoms with van der Waals surface area (Å²) in [6.45, 7) is -0.234. The van der Waals surface area contributed by atoms with E-state index in [1.807, 2.05) is 0 Å². The van der Waals surface area contributed by atoms with Crippen LogP contribution in [-0.4, -0.2) is 38.0 Å². The first kappa shape index (κ1) is 24.3. The van der Waals surface area contributed by atoms with Gasteiger partial charge >= 0.3 is 5.97 Å². The van der Waals surface area contributed by atoms with Crippen LogP contribution < -0.4 is 19.7 Å². The first-order valence-electron chi connectivity index (χ1n) is 10.9. The molecule has 0 bridgehead atoms. The molecule has 1 atom stereocenters. The minimum Gasteiger partial charge on any atom is -0.497 e. The maximum atomic E-state index is 12.5. The second-order valence-corrected chi connectivity index (χ2v) is 8.76. The van der Waals surface area contributed by atoms with Crippen molar-refractivity contribution < 1.29 is 28.6 Å². The molecule has 3 aromatic carbocycles. The zero-order chi connectivity index (χ0) is 24.8. The standard InChI is InChI=1S/C26H23BrN2O6/c1-33-21-10-12-23(13-11-21)35-22-8-6-20(7-9-22)29-15-17(14-25(29)31)26(32)34-16-24(30)28-19-4-2-18(27)3-5-19/h2-13,17H,14-16H2,1H3,(H,28,30)/t17-/m0/s1. The Balaban J connectivity index is 1.28. The van der Waals surface area contributed by atoms with Gasteiger partial charge in [0.2, 0.25) is 5.91 Å². The molecular weight excluding hydrogens is 516 g/mol. The van der Waals surface area contributed by atoms with Crippen molar-refractivity contribution in [1.29, 1.82) is 0 Å². The van der Waals surface area contributed by atoms with E-state index in [0.717, 1.165) is 10.2 Å². The Morgan fingerprint density at radius 2 is 1.54 bits per heavy atom. The summed E-state index contributed by atoms with van der Waals surface area (Å²) in [5.41, 5.74) is 1.25. The van der Waals surface area contributed by atoms with Gasteiger partial charge in [-0.05, 0) is 72.8 Å². The lowest BCUT2D eigenvalue weighted by Crippen LogP contribution is -2.28. The molecule has 1 aliphatic rings. The van der Waals surface area contributed by atoms with Crippen molar-refractivity contribution in [3.63, 3.8) is 0 Å². The van der Waals surface area contributed by atoms with Gasteiger partial charge in [-0.15, -0.1) is 0 Å². The van der Waals surface area contributed by atoms with Gasteiger partial charge in [-0.3, -0.25) is 14.4 Å². The number of anilines is 2. The zero-order valence-corrected chi connectivity index (χ0v) is 20.5. The van der Waals surface area contributed by atoms with Crippen molar-refractivity contribution in [2.75, 3.05) is 30.5 Å². The van der Waals surface area contributed by atoms with E-state index in [2.05, 4.69) is 21.2 Å². The van der Waals surface area contributed by atoms with Gasteiger partial charge in [0.1, 0.15) is 17.2 Å². The summed E-state index contributed by atoms with van der Waals surface area (Å²) in [5.74, 6) is 0.147. The smallest absolute Gasteiger partial charge is 0.311 e. The van der Waals surface area contributed by atoms with Gasteiger partial charge in [0.15, 0.2) is 6.61 Å². The Bertz CT molecular complexity index is 1200. The Kier molecular flexibility index (Phi) is 7.67. The van der Waals surface area contributed by atoms with Crippen LogP contribution in [0, 0.1) is 5.92 Å². The van der Waals surface area contributed by atoms with E-state index in [9.17, 15) is 14.4 Å². The fourth-order valence-electron chi connectivity index (χ4n) is 3.57. The van der Waals surface area contributed by atoms with E-state index in [4.69, 9.17) is 14.2 Å². The van der Waals surface area contributed by atoms with E-state index in [-0.39, 0.29) is 18.9 Å². The van der Waals surface area contributed by atoms with E-state index >= 15 is 0 Å². The summed E-state index contributed by atoms with van der Waals surface area (Å²) in [5, 5.41) is 2.65. The molecule has 0 radical (unpaired) electrons. The molecular formula is C26H23BrN2O6. The molecule has 2 amide bonds. The van der Waals surface area contributed by atoms with Gasteiger partial charge in [-0.2, -0.15) is 0 Å². The summed E-state index contributed by atoms with van der Waals surface area (Å²) < 4.78 is 17.0. The van der Waals surface area contributed by atoms with Gasteiger partial charge < -0.3 is 24.4 Å². The highest BCUT2D eigenvalue weighted by Gasteiger charge is 2.36. The first-order chi connectivity index (χ1) is 16.9. The average molecular weight is 539 g/mol. The summed E-state index contributed by atoms with van der Waals surface area (Å²) in [7, 11) is 1.60. The molecule has 0 spiro atoms. The SMILES string of the molecule is COc1ccc(Oc2ccc(N3C[C@@H](C(=O)OCC(=O)Nc4ccc(Br)cc4)CC3=O)cc2)cc1. The third kappa shape index (κ3) is 6.39. The number of esters is 1. The summed E-state index contributed by atoms with van der Waals surface area (Å²) in [6, 6.07) is 21.3. The molecule has 0 aromatic heterocycles. The number of nitrogens with one attached hydrogen (secondary N) is 1. The number of methoxy groups -OCH3 is 1. The van der Waals surface area contributed by atoms with Crippen molar-refractivity contribution in [3.8, 4) is 17.2 Å².